The Bertz CT molecular complexity index is 1460. The van der Waals surface area contributed by atoms with Crippen molar-refractivity contribution in [3.05, 3.63) is 36.0 Å². The zero-order chi connectivity index (χ0) is 41.5. The van der Waals surface area contributed by atoms with Crippen molar-refractivity contribution >= 4 is 23.4 Å². The molecule has 13 nitrogen and oxygen atoms in total. The average Bonchev–Trinajstić information content (AvgIpc) is 3.16. The van der Waals surface area contributed by atoms with Gasteiger partial charge in [-0.25, -0.2) is 4.79 Å². The van der Waals surface area contributed by atoms with E-state index in [2.05, 4.69) is 6.58 Å². The van der Waals surface area contributed by atoms with Gasteiger partial charge in [0.05, 0.1) is 30.5 Å². The Morgan fingerprint density at radius 2 is 1.61 bits per heavy atom. The molecule has 0 aromatic heterocycles. The summed E-state index contributed by atoms with van der Waals surface area (Å²) in [6.07, 6.45) is 3.32. The zero-order valence-electron chi connectivity index (χ0n) is 34.4. The monoisotopic (exact) mass is 789 g/mol. The summed E-state index contributed by atoms with van der Waals surface area (Å²) in [5.41, 5.74) is 1.10. The number of amides is 1. The predicted molar refractivity (Wildman–Crippen MR) is 208 cm³/mol. The van der Waals surface area contributed by atoms with Gasteiger partial charge >= 0.3 is 5.97 Å². The van der Waals surface area contributed by atoms with Gasteiger partial charge in [0.15, 0.2) is 5.78 Å². The molecule has 4 N–H and O–H groups in total. The van der Waals surface area contributed by atoms with Gasteiger partial charge in [0.25, 0.3) is 11.7 Å². The van der Waals surface area contributed by atoms with Gasteiger partial charge in [-0.15, -0.1) is 6.58 Å². The maximum Gasteiger partial charge on any atom is 0.329 e. The van der Waals surface area contributed by atoms with Gasteiger partial charge in [0.2, 0.25) is 5.79 Å². The van der Waals surface area contributed by atoms with Crippen molar-refractivity contribution in [2.45, 2.75) is 160 Å². The van der Waals surface area contributed by atoms with Crippen LogP contribution < -0.4 is 0 Å². The number of allylic oxidation sites excluding steroid dienone is 4. The molecule has 1 saturated carbocycles. The number of hydrogen-bond acceptors (Lipinski definition) is 12. The summed E-state index contributed by atoms with van der Waals surface area (Å²) in [7, 11) is 3.04. The number of piperidine rings is 1. The highest BCUT2D eigenvalue weighted by atomic mass is 16.7. The van der Waals surface area contributed by atoms with E-state index in [1.54, 1.807) is 26.8 Å². The fraction of sp³-hybridized carbons (Fsp3) is 0.767. The van der Waals surface area contributed by atoms with E-state index < -0.39 is 84.1 Å². The normalized spacial score (nSPS) is 40.6. The number of fused-ring (bicyclic) bond motifs is 3. The first kappa shape index (κ1) is 45.9. The number of cyclic esters (lactones) is 1. The molecule has 0 aromatic rings. The molecule has 3 heterocycles. The third kappa shape index (κ3) is 10.8. The minimum absolute atomic E-state index is 0.0261. The third-order valence-corrected chi connectivity index (χ3v) is 12.6. The van der Waals surface area contributed by atoms with Gasteiger partial charge < -0.3 is 44.3 Å². The minimum atomic E-state index is -2.52. The molecule has 14 unspecified atom stereocenters. The molecule has 2 saturated heterocycles. The van der Waals surface area contributed by atoms with Crippen molar-refractivity contribution in [3.63, 3.8) is 0 Å². The van der Waals surface area contributed by atoms with Crippen LogP contribution in [-0.4, -0.2) is 124 Å². The summed E-state index contributed by atoms with van der Waals surface area (Å²) in [5.74, 6) is -7.59. The van der Waals surface area contributed by atoms with Gasteiger partial charge in [-0.05, 0) is 100 Å². The lowest BCUT2D eigenvalue weighted by Gasteiger charge is -2.47. The van der Waals surface area contributed by atoms with Crippen LogP contribution >= 0.6 is 0 Å². The quantitative estimate of drug-likeness (QED) is 0.172. The summed E-state index contributed by atoms with van der Waals surface area (Å²) in [5, 5.41) is 44.1. The van der Waals surface area contributed by atoms with Gasteiger partial charge in [0, 0.05) is 39.0 Å². The largest absolute Gasteiger partial charge is 0.456 e. The van der Waals surface area contributed by atoms with Crippen molar-refractivity contribution in [2.24, 2.45) is 29.6 Å². The topological polar surface area (TPSA) is 189 Å². The summed E-state index contributed by atoms with van der Waals surface area (Å²) < 4.78 is 24.1. The molecule has 0 aromatic carbocycles. The number of rotatable bonds is 6. The Morgan fingerprint density at radius 3 is 2.25 bits per heavy atom. The lowest BCUT2D eigenvalue weighted by Crippen LogP contribution is -2.64. The molecule has 2 bridgehead atoms. The molecule has 14 atom stereocenters. The van der Waals surface area contributed by atoms with Crippen LogP contribution in [0.15, 0.2) is 36.0 Å². The molecular weight excluding hydrogens is 722 g/mol. The number of ether oxygens (including phenoxy) is 4. The van der Waals surface area contributed by atoms with E-state index in [0.717, 1.165) is 4.90 Å². The lowest BCUT2D eigenvalue weighted by molar-refractivity contribution is -0.302. The van der Waals surface area contributed by atoms with Crippen molar-refractivity contribution in [3.8, 4) is 0 Å². The Hall–Kier alpha value is -2.78. The SMILES string of the molecule is C=CCC1=CC(C)CC(C)CC(OC)C2OC(O)(C(=O)C(=O)N3CCCCC3C(=O)OC(C(C)=CC3CCC(O)C(O)C3)C(C)C(O)CC1=O)C(C)CC2OC. The summed E-state index contributed by atoms with van der Waals surface area (Å²) in [6, 6.07) is -1.16. The van der Waals surface area contributed by atoms with E-state index in [4.69, 9.17) is 18.9 Å². The van der Waals surface area contributed by atoms with Crippen molar-refractivity contribution in [1.82, 2.24) is 4.90 Å². The second-order valence-corrected chi connectivity index (χ2v) is 17.1. The molecule has 1 aliphatic carbocycles. The minimum Gasteiger partial charge on any atom is -0.456 e. The summed E-state index contributed by atoms with van der Waals surface area (Å²) in [4.78, 5) is 57.6. The van der Waals surface area contributed by atoms with Crippen LogP contribution in [0.25, 0.3) is 0 Å². The van der Waals surface area contributed by atoms with Crippen molar-refractivity contribution in [2.75, 3.05) is 20.8 Å². The van der Waals surface area contributed by atoms with E-state index >= 15 is 0 Å². The van der Waals surface area contributed by atoms with Crippen LogP contribution in [0.1, 0.15) is 105 Å². The highest BCUT2D eigenvalue weighted by Gasteiger charge is 2.56. The van der Waals surface area contributed by atoms with Crippen molar-refractivity contribution in [1.29, 1.82) is 0 Å². The molecule has 4 aliphatic rings. The molecule has 13 heteroatoms. The van der Waals surface area contributed by atoms with Gasteiger partial charge in [-0.3, -0.25) is 14.4 Å². The number of methoxy groups -OCH3 is 2. The molecule has 0 spiro atoms. The molecule has 56 heavy (non-hydrogen) atoms. The van der Waals surface area contributed by atoms with Crippen LogP contribution in [0.3, 0.4) is 0 Å². The number of esters is 1. The number of hydrogen-bond donors (Lipinski definition) is 4. The molecule has 0 radical (unpaired) electrons. The standard InChI is InChI=1S/C43H67NO12/c1-9-12-30-18-24(2)17-25(3)19-36(53-7)39-37(54-8)21-27(5)43(52,56-39)40(49)41(50)44-16-11-10-13-31(44)42(51)55-38(28(6)33(46)23-34(30)47)26(4)20-29-14-15-32(45)35(48)22-29/h9,18,20,24-25,27-29,31-33,35-39,45-46,48,52H,1,10-17,19,21-23H2,2-8H3. The van der Waals surface area contributed by atoms with Crippen LogP contribution in [0.2, 0.25) is 0 Å². The number of Topliss-reactive ketones (excluding diaryl/α,β-unsaturated/α-hetero) is 2. The predicted octanol–water partition coefficient (Wildman–Crippen LogP) is 3.98. The first-order valence-corrected chi connectivity index (χ1v) is 20.5. The molecule has 1 amide bonds. The highest BCUT2D eigenvalue weighted by Crippen LogP contribution is 2.39. The number of carbonyl (C=O) groups is 4. The van der Waals surface area contributed by atoms with Crippen molar-refractivity contribution < 1.29 is 58.6 Å². The number of ketones is 2. The average molecular weight is 790 g/mol. The number of aliphatic hydroxyl groups is 4. The molecule has 316 valence electrons. The van der Waals surface area contributed by atoms with Gasteiger partial charge in [-0.1, -0.05) is 45.9 Å². The fourth-order valence-corrected chi connectivity index (χ4v) is 9.21. The van der Waals surface area contributed by atoms with E-state index in [1.165, 1.54) is 14.2 Å². The number of nitrogens with zero attached hydrogens (tertiary/aromatic N) is 1. The summed E-state index contributed by atoms with van der Waals surface area (Å²) >= 11 is 0. The van der Waals surface area contributed by atoms with Crippen LogP contribution in [0.5, 0.6) is 0 Å². The molecule has 4 rings (SSSR count). The molecule has 3 fully saturated rings. The Balaban J connectivity index is 1.78. The summed E-state index contributed by atoms with van der Waals surface area (Å²) in [6.45, 7) is 13.0. The van der Waals surface area contributed by atoms with Crippen LogP contribution in [-0.2, 0) is 38.1 Å². The first-order chi connectivity index (χ1) is 26.4. The second-order valence-electron chi connectivity index (χ2n) is 17.1. The fourth-order valence-electron chi connectivity index (χ4n) is 9.21. The first-order valence-electron chi connectivity index (χ1n) is 20.5. The van der Waals surface area contributed by atoms with E-state index in [0.29, 0.717) is 62.5 Å². The third-order valence-electron chi connectivity index (χ3n) is 12.6. The molecular formula is C43H67NO12. The van der Waals surface area contributed by atoms with E-state index in [-0.39, 0.29) is 49.3 Å². The second kappa shape index (κ2) is 20.3. The van der Waals surface area contributed by atoms with E-state index in [1.807, 2.05) is 26.0 Å². The van der Waals surface area contributed by atoms with Crippen LogP contribution in [0.4, 0.5) is 0 Å². The number of aliphatic hydroxyl groups excluding tert-OH is 3. The zero-order valence-corrected chi connectivity index (χ0v) is 34.4. The lowest BCUT2D eigenvalue weighted by atomic mass is 9.81. The maximum atomic E-state index is 14.2. The van der Waals surface area contributed by atoms with E-state index in [9.17, 15) is 39.6 Å². The van der Waals surface area contributed by atoms with Gasteiger partial charge in [-0.2, -0.15) is 0 Å². The highest BCUT2D eigenvalue weighted by molar-refractivity contribution is 6.39. The maximum absolute atomic E-state index is 14.2. The Kier molecular flexibility index (Phi) is 16.6. The number of carbonyl (C=O) groups excluding carboxylic acids is 4. The Labute approximate surface area is 332 Å². The Morgan fingerprint density at radius 1 is 0.929 bits per heavy atom. The molecule has 3 aliphatic heterocycles. The smallest absolute Gasteiger partial charge is 0.329 e. The van der Waals surface area contributed by atoms with Crippen LogP contribution in [0, 0.1) is 29.6 Å². The van der Waals surface area contributed by atoms with Gasteiger partial charge in [0.1, 0.15) is 18.2 Å².